The molecule has 100 valence electrons. The third-order valence-corrected chi connectivity index (χ3v) is 4.18. The molecule has 1 aliphatic rings. The smallest absolute Gasteiger partial charge is 0.266 e. The van der Waals surface area contributed by atoms with Gasteiger partial charge in [0.1, 0.15) is 10.0 Å². The van der Waals surface area contributed by atoms with Crippen molar-refractivity contribution in [2.24, 2.45) is 7.05 Å². The highest BCUT2D eigenvalue weighted by Gasteiger charge is 2.20. The Bertz CT molecular complexity index is 667. The highest BCUT2D eigenvalue weighted by Crippen LogP contribution is 2.22. The van der Waals surface area contributed by atoms with Crippen molar-refractivity contribution in [3.63, 3.8) is 0 Å². The maximum absolute atomic E-state index is 11.6. The first-order valence-electron chi connectivity index (χ1n) is 5.88. The van der Waals surface area contributed by atoms with E-state index in [2.05, 4.69) is 19.6 Å². The molecule has 0 unspecified atom stereocenters. The van der Waals surface area contributed by atoms with E-state index >= 15 is 0 Å². The molecule has 0 spiro atoms. The monoisotopic (exact) mass is 297 g/mol. The molecule has 0 amide bonds. The van der Waals surface area contributed by atoms with Crippen LogP contribution >= 0.6 is 23.1 Å². The fourth-order valence-electron chi connectivity index (χ4n) is 2.19. The number of rotatable bonds is 2. The molecule has 0 bridgehead atoms. The van der Waals surface area contributed by atoms with Gasteiger partial charge in [-0.05, 0) is 5.56 Å². The van der Waals surface area contributed by atoms with Crippen molar-refractivity contribution in [1.29, 1.82) is 0 Å². The van der Waals surface area contributed by atoms with E-state index in [9.17, 15) is 4.79 Å². The lowest BCUT2D eigenvalue weighted by Crippen LogP contribution is -2.34. The summed E-state index contributed by atoms with van der Waals surface area (Å²) in [6.45, 7) is 2.24. The van der Waals surface area contributed by atoms with Crippen LogP contribution in [-0.4, -0.2) is 30.8 Å². The van der Waals surface area contributed by atoms with Gasteiger partial charge >= 0.3 is 0 Å². The van der Waals surface area contributed by atoms with Crippen LogP contribution in [0.3, 0.4) is 0 Å². The molecule has 6 nitrogen and oxygen atoms in total. The van der Waals surface area contributed by atoms with E-state index in [1.54, 1.807) is 13.1 Å². The standard InChI is InChI=1S/C11H12ClN5OS/c1-16-10(18)4-7-5-17(3-2-8(7)14-16)6-9-11(12)19-15-13-9/h4H,2-3,5-6H2,1H3. The van der Waals surface area contributed by atoms with Crippen LogP contribution in [0.5, 0.6) is 0 Å². The van der Waals surface area contributed by atoms with E-state index < -0.39 is 0 Å². The predicted octanol–water partition coefficient (Wildman–Crippen LogP) is 0.844. The minimum atomic E-state index is -0.0750. The second kappa shape index (κ2) is 4.99. The summed E-state index contributed by atoms with van der Waals surface area (Å²) in [7, 11) is 1.68. The van der Waals surface area contributed by atoms with Gasteiger partial charge in [-0.25, -0.2) is 4.68 Å². The zero-order chi connectivity index (χ0) is 13.4. The van der Waals surface area contributed by atoms with Gasteiger partial charge in [-0.15, -0.1) is 5.10 Å². The zero-order valence-electron chi connectivity index (χ0n) is 10.3. The summed E-state index contributed by atoms with van der Waals surface area (Å²) < 4.78 is 5.84. The number of hydrogen-bond donors (Lipinski definition) is 0. The summed E-state index contributed by atoms with van der Waals surface area (Å²) in [6, 6.07) is 1.66. The lowest BCUT2D eigenvalue weighted by molar-refractivity contribution is 0.238. The summed E-state index contributed by atoms with van der Waals surface area (Å²) in [4.78, 5) is 13.8. The van der Waals surface area contributed by atoms with Crippen LogP contribution < -0.4 is 5.56 Å². The van der Waals surface area contributed by atoms with Gasteiger partial charge in [0.25, 0.3) is 5.56 Å². The Kier molecular flexibility index (Phi) is 3.34. The van der Waals surface area contributed by atoms with Gasteiger partial charge < -0.3 is 0 Å². The minimum Gasteiger partial charge on any atom is -0.293 e. The summed E-state index contributed by atoms with van der Waals surface area (Å²) in [5.41, 5.74) is 2.72. The number of fused-ring (bicyclic) bond motifs is 1. The fourth-order valence-corrected chi connectivity index (χ4v) is 2.80. The molecule has 0 atom stereocenters. The van der Waals surface area contributed by atoms with Gasteiger partial charge in [0.2, 0.25) is 0 Å². The molecule has 1 aliphatic heterocycles. The average molecular weight is 298 g/mol. The first kappa shape index (κ1) is 12.7. The van der Waals surface area contributed by atoms with E-state index in [1.165, 1.54) is 16.2 Å². The SMILES string of the molecule is Cn1nc2c(cc1=O)CN(Cc1nnsc1Cl)CC2. The van der Waals surface area contributed by atoms with Gasteiger partial charge in [0, 0.05) is 50.7 Å². The molecule has 0 saturated heterocycles. The molecule has 0 fully saturated rings. The van der Waals surface area contributed by atoms with Crippen molar-refractivity contribution in [3.05, 3.63) is 37.7 Å². The second-order valence-electron chi connectivity index (χ2n) is 4.53. The third-order valence-electron chi connectivity index (χ3n) is 3.20. The van der Waals surface area contributed by atoms with E-state index in [0.29, 0.717) is 17.4 Å². The molecule has 3 heterocycles. The van der Waals surface area contributed by atoms with Gasteiger partial charge in [0.05, 0.1) is 5.69 Å². The molecule has 2 aromatic rings. The van der Waals surface area contributed by atoms with Crippen molar-refractivity contribution in [2.45, 2.75) is 19.5 Å². The lowest BCUT2D eigenvalue weighted by Gasteiger charge is -2.27. The molecule has 0 radical (unpaired) electrons. The first-order chi connectivity index (χ1) is 9.13. The van der Waals surface area contributed by atoms with Gasteiger partial charge in [-0.1, -0.05) is 16.1 Å². The maximum atomic E-state index is 11.6. The molecule has 8 heteroatoms. The quantitative estimate of drug-likeness (QED) is 0.822. The second-order valence-corrected chi connectivity index (χ2v) is 5.89. The maximum Gasteiger partial charge on any atom is 0.266 e. The third kappa shape index (κ3) is 2.54. The Morgan fingerprint density at radius 3 is 3.11 bits per heavy atom. The highest BCUT2D eigenvalue weighted by atomic mass is 35.5. The van der Waals surface area contributed by atoms with Crippen molar-refractivity contribution in [2.75, 3.05) is 6.54 Å². The minimum absolute atomic E-state index is 0.0750. The summed E-state index contributed by atoms with van der Waals surface area (Å²) >= 11 is 7.20. The Morgan fingerprint density at radius 1 is 1.53 bits per heavy atom. The Hall–Kier alpha value is -1.31. The molecule has 0 aromatic carbocycles. The molecule has 3 rings (SSSR count). The Morgan fingerprint density at radius 2 is 2.37 bits per heavy atom. The van der Waals surface area contributed by atoms with Crippen LogP contribution in [0.15, 0.2) is 10.9 Å². The topological polar surface area (TPSA) is 63.9 Å². The molecular formula is C11H12ClN5OS. The van der Waals surface area contributed by atoms with E-state index in [1.807, 2.05) is 0 Å². The van der Waals surface area contributed by atoms with Crippen molar-refractivity contribution < 1.29 is 0 Å². The predicted molar refractivity (Wildman–Crippen MR) is 72.2 cm³/mol. The zero-order valence-corrected chi connectivity index (χ0v) is 11.9. The summed E-state index contributed by atoms with van der Waals surface area (Å²) in [5, 5.41) is 8.30. The lowest BCUT2D eigenvalue weighted by atomic mass is 10.1. The largest absolute Gasteiger partial charge is 0.293 e. The first-order valence-corrected chi connectivity index (χ1v) is 7.04. The Balaban J connectivity index is 1.80. The van der Waals surface area contributed by atoms with Crippen molar-refractivity contribution >= 4 is 23.1 Å². The number of halogens is 1. The van der Waals surface area contributed by atoms with Crippen LogP contribution in [0.1, 0.15) is 17.0 Å². The highest BCUT2D eigenvalue weighted by molar-refractivity contribution is 7.10. The molecule has 0 aliphatic carbocycles. The number of nitrogens with zero attached hydrogens (tertiary/aromatic N) is 5. The molecular weight excluding hydrogens is 286 g/mol. The van der Waals surface area contributed by atoms with Gasteiger partial charge in [-0.2, -0.15) is 5.10 Å². The van der Waals surface area contributed by atoms with Crippen LogP contribution in [0.25, 0.3) is 0 Å². The molecule has 2 aromatic heterocycles. The summed E-state index contributed by atoms with van der Waals surface area (Å²) in [6.07, 6.45) is 0.832. The van der Waals surface area contributed by atoms with Crippen molar-refractivity contribution in [3.8, 4) is 0 Å². The Labute approximate surface area is 118 Å². The van der Waals surface area contributed by atoms with E-state index in [0.717, 1.165) is 29.9 Å². The van der Waals surface area contributed by atoms with Crippen LogP contribution in [0.2, 0.25) is 4.34 Å². The fraction of sp³-hybridized carbons (Fsp3) is 0.455. The normalized spacial score (nSPS) is 15.5. The van der Waals surface area contributed by atoms with E-state index in [4.69, 9.17) is 11.6 Å². The number of aryl methyl sites for hydroxylation is 1. The van der Waals surface area contributed by atoms with E-state index in [-0.39, 0.29) is 5.56 Å². The van der Waals surface area contributed by atoms with Crippen molar-refractivity contribution in [1.82, 2.24) is 24.3 Å². The van der Waals surface area contributed by atoms with Crippen LogP contribution in [0, 0.1) is 0 Å². The molecule has 19 heavy (non-hydrogen) atoms. The number of aromatic nitrogens is 4. The number of hydrogen-bond acceptors (Lipinski definition) is 6. The van der Waals surface area contributed by atoms with Crippen LogP contribution in [0.4, 0.5) is 0 Å². The molecule has 0 saturated carbocycles. The average Bonchev–Trinajstić information content (AvgIpc) is 2.77. The van der Waals surface area contributed by atoms with Gasteiger partial charge in [-0.3, -0.25) is 9.69 Å². The van der Waals surface area contributed by atoms with Gasteiger partial charge in [0.15, 0.2) is 0 Å². The molecule has 0 N–H and O–H groups in total. The van der Waals surface area contributed by atoms with Crippen LogP contribution in [-0.2, 0) is 26.6 Å². The summed E-state index contributed by atoms with van der Waals surface area (Å²) in [5.74, 6) is 0.